The molecule has 3 fully saturated rings. The molecule has 1 saturated carbocycles. The summed E-state index contributed by atoms with van der Waals surface area (Å²) in [6.07, 6.45) is 3.99. The number of likely N-dealkylation sites (tertiary alicyclic amines) is 1. The van der Waals surface area contributed by atoms with Gasteiger partial charge in [0.25, 0.3) is 0 Å². The largest absolute Gasteiger partial charge is 0.297 e. The van der Waals surface area contributed by atoms with Gasteiger partial charge in [-0.25, -0.2) is 0 Å². The van der Waals surface area contributed by atoms with Gasteiger partial charge in [-0.1, -0.05) is 12.8 Å². The summed E-state index contributed by atoms with van der Waals surface area (Å²) in [6, 6.07) is 2.18. The van der Waals surface area contributed by atoms with Crippen LogP contribution in [0.1, 0.15) is 31.2 Å². The predicted molar refractivity (Wildman–Crippen MR) is 93.3 cm³/mol. The summed E-state index contributed by atoms with van der Waals surface area (Å²) in [5.74, 6) is 0.132. The Hall–Kier alpha value is -1.24. The fourth-order valence-corrected chi connectivity index (χ4v) is 4.96. The first-order valence-electron chi connectivity index (χ1n) is 9.03. The number of imide groups is 1. The molecule has 3 heterocycles. The van der Waals surface area contributed by atoms with E-state index in [2.05, 4.69) is 26.6 Å². The fraction of sp³-hybridized carbons (Fsp3) is 0.667. The number of hydrogen-bond donors (Lipinski definition) is 0. The standard InChI is InChI=1S/C18H25N3O2S/c22-17-15-3-1-2-4-16(15)18(23)21(17)13-20-8-6-19(7-9-20)11-14-5-10-24-12-14/h5,10,12,15-16H,1-4,6-9,11,13H2/t15-,16-/m1/s1. The summed E-state index contributed by atoms with van der Waals surface area (Å²) in [7, 11) is 0. The van der Waals surface area contributed by atoms with Gasteiger partial charge in [-0.3, -0.25) is 24.3 Å². The third-order valence-electron chi connectivity index (χ3n) is 5.73. The average molecular weight is 347 g/mol. The second-order valence-corrected chi connectivity index (χ2v) is 8.05. The molecule has 0 N–H and O–H groups in total. The minimum atomic E-state index is -0.0221. The van der Waals surface area contributed by atoms with Gasteiger partial charge < -0.3 is 0 Å². The second-order valence-electron chi connectivity index (χ2n) is 7.27. The van der Waals surface area contributed by atoms with E-state index in [4.69, 9.17) is 0 Å². The summed E-state index contributed by atoms with van der Waals surface area (Å²) >= 11 is 1.74. The van der Waals surface area contributed by atoms with Gasteiger partial charge in [0.05, 0.1) is 18.5 Å². The maximum atomic E-state index is 12.6. The predicted octanol–water partition coefficient (Wildman–Crippen LogP) is 2.00. The van der Waals surface area contributed by atoms with Crippen molar-refractivity contribution in [3.8, 4) is 0 Å². The minimum Gasteiger partial charge on any atom is -0.297 e. The van der Waals surface area contributed by atoms with Crippen molar-refractivity contribution in [1.82, 2.24) is 14.7 Å². The Balaban J connectivity index is 1.30. The van der Waals surface area contributed by atoms with Crippen molar-refractivity contribution in [3.05, 3.63) is 22.4 Å². The highest BCUT2D eigenvalue weighted by atomic mass is 32.1. The zero-order valence-corrected chi connectivity index (χ0v) is 14.8. The van der Waals surface area contributed by atoms with E-state index in [-0.39, 0.29) is 23.7 Å². The van der Waals surface area contributed by atoms with Crippen molar-refractivity contribution in [2.75, 3.05) is 32.8 Å². The van der Waals surface area contributed by atoms with Crippen LogP contribution in [-0.2, 0) is 16.1 Å². The molecule has 1 aliphatic carbocycles. The first-order chi connectivity index (χ1) is 11.7. The number of hydrogen-bond acceptors (Lipinski definition) is 5. The van der Waals surface area contributed by atoms with Gasteiger partial charge in [0, 0.05) is 32.7 Å². The van der Waals surface area contributed by atoms with Crippen LogP contribution in [0.15, 0.2) is 16.8 Å². The lowest BCUT2D eigenvalue weighted by Gasteiger charge is -2.36. The van der Waals surface area contributed by atoms with Crippen molar-refractivity contribution >= 4 is 23.2 Å². The van der Waals surface area contributed by atoms with Gasteiger partial charge in [0.1, 0.15) is 0 Å². The summed E-state index contributed by atoms with van der Waals surface area (Å²) in [5.41, 5.74) is 1.38. The van der Waals surface area contributed by atoms with Crippen molar-refractivity contribution in [2.45, 2.75) is 32.2 Å². The highest BCUT2D eigenvalue weighted by Crippen LogP contribution is 2.38. The molecular weight excluding hydrogens is 322 g/mol. The highest BCUT2D eigenvalue weighted by Gasteiger charge is 2.48. The molecule has 2 atom stereocenters. The molecule has 0 spiro atoms. The third kappa shape index (κ3) is 3.15. The Morgan fingerprint density at radius 3 is 2.17 bits per heavy atom. The van der Waals surface area contributed by atoms with Gasteiger partial charge >= 0.3 is 0 Å². The van der Waals surface area contributed by atoms with E-state index in [0.717, 1.165) is 58.4 Å². The molecule has 0 radical (unpaired) electrons. The van der Waals surface area contributed by atoms with E-state index < -0.39 is 0 Å². The topological polar surface area (TPSA) is 43.9 Å². The number of amides is 2. The smallest absolute Gasteiger partial charge is 0.234 e. The molecule has 2 saturated heterocycles. The molecule has 3 aliphatic rings. The number of piperazine rings is 1. The lowest BCUT2D eigenvalue weighted by atomic mass is 9.81. The summed E-state index contributed by atoms with van der Waals surface area (Å²) in [6.45, 7) is 5.35. The molecule has 5 nitrogen and oxygen atoms in total. The third-order valence-corrected chi connectivity index (χ3v) is 6.46. The molecule has 6 heteroatoms. The lowest BCUT2D eigenvalue weighted by molar-refractivity contribution is -0.142. The van der Waals surface area contributed by atoms with Crippen molar-refractivity contribution in [1.29, 1.82) is 0 Å². The Kier molecular flexibility index (Phi) is 4.70. The number of carbonyl (C=O) groups is 2. The maximum Gasteiger partial charge on any atom is 0.234 e. The molecule has 0 unspecified atom stereocenters. The van der Waals surface area contributed by atoms with Crippen LogP contribution in [0.5, 0.6) is 0 Å². The SMILES string of the molecule is O=C1[C@@H]2CCCC[C@H]2C(=O)N1CN1CCN(Cc2ccsc2)CC1. The van der Waals surface area contributed by atoms with Crippen molar-refractivity contribution in [2.24, 2.45) is 11.8 Å². The van der Waals surface area contributed by atoms with E-state index in [1.54, 1.807) is 16.2 Å². The molecule has 0 bridgehead atoms. The highest BCUT2D eigenvalue weighted by molar-refractivity contribution is 7.07. The summed E-state index contributed by atoms with van der Waals surface area (Å²) in [5, 5.41) is 4.32. The van der Waals surface area contributed by atoms with E-state index in [1.807, 2.05) is 0 Å². The zero-order chi connectivity index (χ0) is 16.5. The van der Waals surface area contributed by atoms with E-state index in [0.29, 0.717) is 6.67 Å². The number of thiophene rings is 1. The lowest BCUT2D eigenvalue weighted by Crippen LogP contribution is -2.51. The van der Waals surface area contributed by atoms with E-state index in [9.17, 15) is 9.59 Å². The first kappa shape index (κ1) is 16.2. The number of fused-ring (bicyclic) bond motifs is 1. The number of carbonyl (C=O) groups excluding carboxylic acids is 2. The molecule has 2 aliphatic heterocycles. The monoisotopic (exact) mass is 347 g/mol. The van der Waals surface area contributed by atoms with Gasteiger partial charge in [-0.05, 0) is 35.2 Å². The fourth-order valence-electron chi connectivity index (χ4n) is 4.30. The quantitative estimate of drug-likeness (QED) is 0.782. The van der Waals surface area contributed by atoms with Crippen LogP contribution in [0.2, 0.25) is 0 Å². The van der Waals surface area contributed by atoms with Crippen LogP contribution in [0.3, 0.4) is 0 Å². The number of rotatable bonds is 4. The zero-order valence-electron chi connectivity index (χ0n) is 14.0. The van der Waals surface area contributed by atoms with Crippen LogP contribution in [-0.4, -0.2) is 59.4 Å². The van der Waals surface area contributed by atoms with Crippen LogP contribution in [0.4, 0.5) is 0 Å². The van der Waals surface area contributed by atoms with Crippen LogP contribution >= 0.6 is 11.3 Å². The molecule has 1 aromatic heterocycles. The maximum absolute atomic E-state index is 12.6. The average Bonchev–Trinajstić information content (AvgIpc) is 3.20. The van der Waals surface area contributed by atoms with E-state index >= 15 is 0 Å². The Morgan fingerprint density at radius 2 is 1.58 bits per heavy atom. The second kappa shape index (κ2) is 6.94. The van der Waals surface area contributed by atoms with Crippen LogP contribution < -0.4 is 0 Å². The Bertz CT molecular complexity index is 571. The first-order valence-corrected chi connectivity index (χ1v) is 9.97. The van der Waals surface area contributed by atoms with Gasteiger partial charge in [-0.15, -0.1) is 0 Å². The molecular formula is C18H25N3O2S. The molecule has 1 aromatic rings. The molecule has 2 amide bonds. The van der Waals surface area contributed by atoms with Gasteiger partial charge in [0.15, 0.2) is 0 Å². The van der Waals surface area contributed by atoms with Crippen LogP contribution in [0, 0.1) is 11.8 Å². The Labute approximate surface area is 147 Å². The molecule has 130 valence electrons. The normalized spacial score (nSPS) is 29.2. The summed E-state index contributed by atoms with van der Waals surface area (Å²) < 4.78 is 0. The summed E-state index contributed by atoms with van der Waals surface area (Å²) in [4.78, 5) is 31.4. The number of nitrogens with zero attached hydrogens (tertiary/aromatic N) is 3. The van der Waals surface area contributed by atoms with Crippen molar-refractivity contribution in [3.63, 3.8) is 0 Å². The van der Waals surface area contributed by atoms with E-state index in [1.165, 1.54) is 5.56 Å². The minimum absolute atomic E-state index is 0.0221. The molecule has 24 heavy (non-hydrogen) atoms. The Morgan fingerprint density at radius 1 is 0.958 bits per heavy atom. The molecule has 0 aromatic carbocycles. The van der Waals surface area contributed by atoms with Gasteiger partial charge in [0.2, 0.25) is 11.8 Å². The van der Waals surface area contributed by atoms with Crippen molar-refractivity contribution < 1.29 is 9.59 Å². The van der Waals surface area contributed by atoms with Gasteiger partial charge in [-0.2, -0.15) is 11.3 Å². The van der Waals surface area contributed by atoms with Crippen LogP contribution in [0.25, 0.3) is 0 Å². The molecule has 4 rings (SSSR count).